The van der Waals surface area contributed by atoms with E-state index in [1.54, 1.807) is 11.8 Å². The molecule has 0 aliphatic carbocycles. The lowest BCUT2D eigenvalue weighted by Crippen LogP contribution is -2.29. The second-order valence-electron chi connectivity index (χ2n) is 4.64. The van der Waals surface area contributed by atoms with Gasteiger partial charge in [-0.25, -0.2) is 4.98 Å². The molecule has 8 heteroatoms. The maximum Gasteiger partial charge on any atom is 0.300 e. The van der Waals surface area contributed by atoms with Crippen LogP contribution in [-0.2, 0) is 0 Å². The standard InChI is InChI=1S/C13H20N4O3S/c1-4-14-12-5-10(11(7-15-12)17(19)20)13(18)16-6-9(2)8-21-3/h5,7,9H,4,6,8H2,1-3H3,(H,14,15)(H,16,18). The number of nitrogens with zero attached hydrogens (tertiary/aromatic N) is 2. The van der Waals surface area contributed by atoms with Crippen LogP contribution in [-0.4, -0.2) is 40.9 Å². The molecule has 1 heterocycles. The van der Waals surface area contributed by atoms with E-state index < -0.39 is 10.8 Å². The first-order chi connectivity index (χ1) is 9.99. The smallest absolute Gasteiger partial charge is 0.300 e. The van der Waals surface area contributed by atoms with Crippen molar-refractivity contribution in [3.05, 3.63) is 27.9 Å². The van der Waals surface area contributed by atoms with E-state index in [4.69, 9.17) is 0 Å². The number of amides is 1. The zero-order chi connectivity index (χ0) is 15.8. The van der Waals surface area contributed by atoms with Crippen LogP contribution in [0.5, 0.6) is 0 Å². The molecule has 0 radical (unpaired) electrons. The van der Waals surface area contributed by atoms with E-state index in [1.807, 2.05) is 20.1 Å². The van der Waals surface area contributed by atoms with Gasteiger partial charge < -0.3 is 10.6 Å². The Hall–Kier alpha value is -1.83. The summed E-state index contributed by atoms with van der Waals surface area (Å²) in [5.41, 5.74) is -0.256. The Kier molecular flexibility index (Phi) is 6.93. The van der Waals surface area contributed by atoms with Crippen molar-refractivity contribution in [3.8, 4) is 0 Å². The van der Waals surface area contributed by atoms with Crippen molar-refractivity contribution in [2.24, 2.45) is 5.92 Å². The van der Waals surface area contributed by atoms with Gasteiger partial charge in [0, 0.05) is 19.2 Å². The summed E-state index contributed by atoms with van der Waals surface area (Å²) in [4.78, 5) is 26.5. The normalized spacial score (nSPS) is 11.8. The Morgan fingerprint density at radius 3 is 2.86 bits per heavy atom. The molecule has 0 saturated carbocycles. The van der Waals surface area contributed by atoms with Crippen LogP contribution in [0, 0.1) is 16.0 Å². The van der Waals surface area contributed by atoms with Gasteiger partial charge in [-0.1, -0.05) is 6.92 Å². The van der Waals surface area contributed by atoms with Gasteiger partial charge >= 0.3 is 0 Å². The second kappa shape index (κ2) is 8.46. The zero-order valence-electron chi connectivity index (χ0n) is 12.4. The van der Waals surface area contributed by atoms with Crippen molar-refractivity contribution in [2.45, 2.75) is 13.8 Å². The molecule has 0 aliphatic heterocycles. The fourth-order valence-electron chi connectivity index (χ4n) is 1.76. The predicted molar refractivity (Wildman–Crippen MR) is 84.9 cm³/mol. The molecule has 1 aromatic heterocycles. The van der Waals surface area contributed by atoms with E-state index in [2.05, 4.69) is 15.6 Å². The number of nitrogens with one attached hydrogen (secondary N) is 2. The van der Waals surface area contributed by atoms with Crippen LogP contribution in [0.3, 0.4) is 0 Å². The van der Waals surface area contributed by atoms with Gasteiger partial charge in [0.1, 0.15) is 17.6 Å². The molecule has 0 bridgehead atoms. The molecule has 1 rings (SSSR count). The van der Waals surface area contributed by atoms with Crippen molar-refractivity contribution >= 4 is 29.2 Å². The molecule has 7 nitrogen and oxygen atoms in total. The lowest BCUT2D eigenvalue weighted by atomic mass is 10.2. The molecule has 0 spiro atoms. The van der Waals surface area contributed by atoms with Gasteiger partial charge in [0.05, 0.1) is 4.92 Å². The molecule has 116 valence electrons. The Morgan fingerprint density at radius 1 is 1.57 bits per heavy atom. The monoisotopic (exact) mass is 312 g/mol. The third kappa shape index (κ3) is 5.22. The quantitative estimate of drug-likeness (QED) is 0.564. The number of nitro groups is 1. The molecule has 0 aromatic carbocycles. The average molecular weight is 312 g/mol. The highest BCUT2D eigenvalue weighted by Gasteiger charge is 2.21. The summed E-state index contributed by atoms with van der Waals surface area (Å²) >= 11 is 1.69. The minimum atomic E-state index is -0.594. The second-order valence-corrected chi connectivity index (χ2v) is 5.56. The molecular formula is C13H20N4O3S. The van der Waals surface area contributed by atoms with Crippen molar-refractivity contribution in [1.82, 2.24) is 10.3 Å². The van der Waals surface area contributed by atoms with E-state index in [9.17, 15) is 14.9 Å². The summed E-state index contributed by atoms with van der Waals surface area (Å²) < 4.78 is 0. The number of hydrogen-bond acceptors (Lipinski definition) is 6. The van der Waals surface area contributed by atoms with Gasteiger partial charge in [-0.15, -0.1) is 0 Å². The maximum absolute atomic E-state index is 12.2. The Labute approximate surface area is 128 Å². The Bertz CT molecular complexity index is 510. The Balaban J connectivity index is 2.89. The topological polar surface area (TPSA) is 97.2 Å². The van der Waals surface area contributed by atoms with Crippen LogP contribution < -0.4 is 10.6 Å². The molecule has 2 N–H and O–H groups in total. The van der Waals surface area contributed by atoms with Gasteiger partial charge in [0.2, 0.25) is 0 Å². The van der Waals surface area contributed by atoms with Crippen LogP contribution in [0.15, 0.2) is 12.3 Å². The van der Waals surface area contributed by atoms with Crippen LogP contribution in [0.2, 0.25) is 0 Å². The highest BCUT2D eigenvalue weighted by Crippen LogP contribution is 2.20. The van der Waals surface area contributed by atoms with Gasteiger partial charge in [0.15, 0.2) is 0 Å². The SMILES string of the molecule is CCNc1cc(C(=O)NCC(C)CSC)c([N+](=O)[O-])cn1. The third-order valence-corrected chi connectivity index (χ3v) is 3.65. The molecule has 1 amide bonds. The fraction of sp³-hybridized carbons (Fsp3) is 0.538. The van der Waals surface area contributed by atoms with E-state index in [-0.39, 0.29) is 11.3 Å². The summed E-state index contributed by atoms with van der Waals surface area (Å²) in [6.45, 7) is 5.00. The molecule has 1 atom stereocenters. The molecule has 0 saturated heterocycles. The van der Waals surface area contributed by atoms with Crippen molar-refractivity contribution in [2.75, 3.05) is 30.4 Å². The van der Waals surface area contributed by atoms with Crippen LogP contribution in [0.4, 0.5) is 11.5 Å². The largest absolute Gasteiger partial charge is 0.370 e. The van der Waals surface area contributed by atoms with E-state index >= 15 is 0 Å². The molecule has 1 aromatic rings. The summed E-state index contributed by atoms with van der Waals surface area (Å²) in [5, 5.41) is 16.7. The first-order valence-electron chi connectivity index (χ1n) is 6.65. The van der Waals surface area contributed by atoms with Gasteiger partial charge in [-0.05, 0) is 24.9 Å². The molecular weight excluding hydrogens is 292 g/mol. The molecule has 1 unspecified atom stereocenters. The van der Waals surface area contributed by atoms with Crippen LogP contribution in [0.1, 0.15) is 24.2 Å². The number of thioether (sulfide) groups is 1. The number of carbonyl (C=O) groups excluding carboxylic acids is 1. The lowest BCUT2D eigenvalue weighted by Gasteiger charge is -2.12. The summed E-state index contributed by atoms with van der Waals surface area (Å²) in [7, 11) is 0. The van der Waals surface area contributed by atoms with Crippen molar-refractivity contribution < 1.29 is 9.72 Å². The number of pyridine rings is 1. The molecule has 0 aliphatic rings. The zero-order valence-corrected chi connectivity index (χ0v) is 13.2. The highest BCUT2D eigenvalue weighted by molar-refractivity contribution is 7.98. The summed E-state index contributed by atoms with van der Waals surface area (Å²) in [6, 6.07) is 1.41. The molecule has 0 fully saturated rings. The van der Waals surface area contributed by atoms with Crippen molar-refractivity contribution in [3.63, 3.8) is 0 Å². The minimum Gasteiger partial charge on any atom is -0.370 e. The highest BCUT2D eigenvalue weighted by atomic mass is 32.2. The lowest BCUT2D eigenvalue weighted by molar-refractivity contribution is -0.385. The third-order valence-electron chi connectivity index (χ3n) is 2.74. The first-order valence-corrected chi connectivity index (χ1v) is 8.04. The number of hydrogen-bond donors (Lipinski definition) is 2. The van der Waals surface area contributed by atoms with E-state index in [0.29, 0.717) is 24.8 Å². The van der Waals surface area contributed by atoms with Gasteiger partial charge in [-0.2, -0.15) is 11.8 Å². The Morgan fingerprint density at radius 2 is 2.29 bits per heavy atom. The predicted octanol–water partition coefficient (Wildman–Crippen LogP) is 2.15. The molecule has 21 heavy (non-hydrogen) atoms. The van der Waals surface area contributed by atoms with Crippen molar-refractivity contribution in [1.29, 1.82) is 0 Å². The number of carbonyl (C=O) groups is 1. The average Bonchev–Trinajstić information content (AvgIpc) is 2.45. The fourth-order valence-corrected chi connectivity index (χ4v) is 2.45. The van der Waals surface area contributed by atoms with Gasteiger partial charge in [0.25, 0.3) is 11.6 Å². The van der Waals surface area contributed by atoms with Crippen LogP contribution in [0.25, 0.3) is 0 Å². The summed E-state index contributed by atoms with van der Waals surface area (Å²) in [6.07, 6.45) is 3.10. The van der Waals surface area contributed by atoms with E-state index in [0.717, 1.165) is 11.9 Å². The number of anilines is 1. The summed E-state index contributed by atoms with van der Waals surface area (Å²) in [5.74, 6) is 1.22. The van der Waals surface area contributed by atoms with Crippen LogP contribution >= 0.6 is 11.8 Å². The van der Waals surface area contributed by atoms with Gasteiger partial charge in [-0.3, -0.25) is 14.9 Å². The van der Waals surface area contributed by atoms with E-state index in [1.165, 1.54) is 6.07 Å². The maximum atomic E-state index is 12.2. The minimum absolute atomic E-state index is 0.0299. The number of rotatable bonds is 8. The number of aromatic nitrogens is 1. The first kappa shape index (κ1) is 17.2.